The van der Waals surface area contributed by atoms with Crippen LogP contribution < -0.4 is 10.1 Å². The third-order valence-electron chi connectivity index (χ3n) is 4.14. The highest BCUT2D eigenvalue weighted by molar-refractivity contribution is 9.10. The summed E-state index contributed by atoms with van der Waals surface area (Å²) in [6.07, 6.45) is 1.99. The summed E-state index contributed by atoms with van der Waals surface area (Å²) in [6.45, 7) is 0.209. The molecule has 0 aliphatic heterocycles. The Bertz CT molecular complexity index is 700. The summed E-state index contributed by atoms with van der Waals surface area (Å²) in [7, 11) is 1.56. The molecule has 1 aliphatic rings. The van der Waals surface area contributed by atoms with Gasteiger partial charge in [-0.05, 0) is 64.3 Å². The van der Waals surface area contributed by atoms with E-state index in [2.05, 4.69) is 21.2 Å². The quantitative estimate of drug-likeness (QED) is 0.785. The summed E-state index contributed by atoms with van der Waals surface area (Å²) in [5.74, 6) is 0.607. The van der Waals surface area contributed by atoms with Crippen LogP contribution in [0.2, 0.25) is 0 Å². The van der Waals surface area contributed by atoms with E-state index < -0.39 is 5.60 Å². The average molecular weight is 396 g/mol. The van der Waals surface area contributed by atoms with Gasteiger partial charge in [-0.1, -0.05) is 6.07 Å². The van der Waals surface area contributed by atoms with Crippen molar-refractivity contribution in [2.45, 2.75) is 18.4 Å². The zero-order chi connectivity index (χ0) is 16.4. The van der Waals surface area contributed by atoms with Crippen molar-refractivity contribution in [2.75, 3.05) is 13.7 Å². The van der Waals surface area contributed by atoms with E-state index >= 15 is 0 Å². The second-order valence-electron chi connectivity index (χ2n) is 5.70. The fraction of sp³-hybridized carbons (Fsp3) is 0.353. The van der Waals surface area contributed by atoms with Gasteiger partial charge in [-0.3, -0.25) is 4.79 Å². The number of carbonyl (C=O) groups excluding carboxylic acids is 1. The van der Waals surface area contributed by atoms with Gasteiger partial charge in [0.05, 0.1) is 19.2 Å². The van der Waals surface area contributed by atoms with E-state index in [0.29, 0.717) is 15.8 Å². The van der Waals surface area contributed by atoms with Crippen molar-refractivity contribution in [1.29, 1.82) is 0 Å². The average Bonchev–Trinajstić information content (AvgIpc) is 3.28. The minimum absolute atomic E-state index is 0.209. The molecule has 1 aromatic carbocycles. The van der Waals surface area contributed by atoms with Crippen molar-refractivity contribution in [3.8, 4) is 5.75 Å². The van der Waals surface area contributed by atoms with Gasteiger partial charge >= 0.3 is 0 Å². The first-order valence-electron chi connectivity index (χ1n) is 7.42. The molecular formula is C17H18BrNO3S. The first kappa shape index (κ1) is 16.5. The highest BCUT2D eigenvalue weighted by Crippen LogP contribution is 2.46. The Hall–Kier alpha value is -1.37. The maximum Gasteiger partial charge on any atom is 0.252 e. The molecule has 0 bridgehead atoms. The normalized spacial score (nSPS) is 16.7. The predicted molar refractivity (Wildman–Crippen MR) is 94.0 cm³/mol. The lowest BCUT2D eigenvalue weighted by Crippen LogP contribution is -2.42. The number of benzene rings is 1. The minimum Gasteiger partial charge on any atom is -0.497 e. The number of nitrogens with one attached hydrogen (secondary N) is 1. The SMILES string of the molecule is COc1ccc(Br)c(C(=O)NCC(O)(c2cccs2)C2CC2)c1. The zero-order valence-electron chi connectivity index (χ0n) is 12.7. The number of amides is 1. The topological polar surface area (TPSA) is 58.6 Å². The molecule has 2 aromatic rings. The molecule has 4 nitrogen and oxygen atoms in total. The predicted octanol–water partition coefficient (Wildman–Crippen LogP) is 3.55. The number of rotatable bonds is 6. The van der Waals surface area contributed by atoms with Crippen LogP contribution in [0, 0.1) is 5.92 Å². The fourth-order valence-electron chi connectivity index (χ4n) is 2.63. The molecule has 0 saturated heterocycles. The molecule has 0 radical (unpaired) electrons. The van der Waals surface area contributed by atoms with Crippen molar-refractivity contribution in [1.82, 2.24) is 5.32 Å². The monoisotopic (exact) mass is 395 g/mol. The zero-order valence-corrected chi connectivity index (χ0v) is 15.1. The molecule has 2 N–H and O–H groups in total. The summed E-state index contributed by atoms with van der Waals surface area (Å²) in [6, 6.07) is 9.10. The number of ether oxygens (including phenoxy) is 1. The lowest BCUT2D eigenvalue weighted by atomic mass is 9.95. The maximum absolute atomic E-state index is 12.5. The lowest BCUT2D eigenvalue weighted by Gasteiger charge is -2.27. The van der Waals surface area contributed by atoms with Crippen LogP contribution in [0.15, 0.2) is 40.2 Å². The van der Waals surface area contributed by atoms with Crippen LogP contribution in [0.3, 0.4) is 0 Å². The number of carbonyl (C=O) groups is 1. The van der Waals surface area contributed by atoms with Gasteiger partial charge < -0.3 is 15.2 Å². The van der Waals surface area contributed by atoms with Gasteiger partial charge in [-0.15, -0.1) is 11.3 Å². The number of hydrogen-bond acceptors (Lipinski definition) is 4. The van der Waals surface area contributed by atoms with Crippen LogP contribution in [0.25, 0.3) is 0 Å². The van der Waals surface area contributed by atoms with E-state index in [9.17, 15) is 9.90 Å². The van der Waals surface area contributed by atoms with Crippen LogP contribution in [-0.4, -0.2) is 24.7 Å². The van der Waals surface area contributed by atoms with Crippen LogP contribution in [0.5, 0.6) is 5.75 Å². The molecule has 1 fully saturated rings. The fourth-order valence-corrected chi connectivity index (χ4v) is 3.96. The summed E-state index contributed by atoms with van der Waals surface area (Å²) < 4.78 is 5.86. The molecule has 1 aromatic heterocycles. The van der Waals surface area contributed by atoms with Crippen molar-refractivity contribution >= 4 is 33.2 Å². The Morgan fingerprint density at radius 3 is 2.87 bits per heavy atom. The van der Waals surface area contributed by atoms with Gasteiger partial charge in [0.2, 0.25) is 0 Å². The molecule has 1 heterocycles. The van der Waals surface area contributed by atoms with Crippen LogP contribution in [0.1, 0.15) is 28.1 Å². The minimum atomic E-state index is -0.977. The summed E-state index contributed by atoms with van der Waals surface area (Å²) in [4.78, 5) is 13.4. The highest BCUT2D eigenvalue weighted by Gasteiger charge is 2.46. The summed E-state index contributed by atoms with van der Waals surface area (Å²) >= 11 is 4.91. The van der Waals surface area contributed by atoms with E-state index in [1.54, 1.807) is 25.3 Å². The Morgan fingerprint density at radius 2 is 2.26 bits per heavy atom. The number of thiophene rings is 1. The molecule has 23 heavy (non-hydrogen) atoms. The Balaban J connectivity index is 1.75. The molecule has 3 rings (SSSR count). The third-order valence-corrected chi connectivity index (χ3v) is 5.87. The molecular weight excluding hydrogens is 378 g/mol. The number of halogens is 1. The van der Waals surface area contributed by atoms with Gasteiger partial charge in [0.1, 0.15) is 11.4 Å². The van der Waals surface area contributed by atoms with Gasteiger partial charge in [0.25, 0.3) is 5.91 Å². The van der Waals surface area contributed by atoms with Gasteiger partial charge in [-0.25, -0.2) is 0 Å². The molecule has 1 amide bonds. The second kappa shape index (κ2) is 6.63. The lowest BCUT2D eigenvalue weighted by molar-refractivity contribution is 0.0169. The Morgan fingerprint density at radius 1 is 1.48 bits per heavy atom. The maximum atomic E-state index is 12.5. The summed E-state index contributed by atoms with van der Waals surface area (Å²) in [5, 5.41) is 15.9. The van der Waals surface area contributed by atoms with E-state index in [1.165, 1.54) is 11.3 Å². The van der Waals surface area contributed by atoms with E-state index in [4.69, 9.17) is 4.74 Å². The van der Waals surface area contributed by atoms with E-state index in [0.717, 1.165) is 17.7 Å². The van der Waals surface area contributed by atoms with Crippen molar-refractivity contribution in [3.05, 3.63) is 50.6 Å². The second-order valence-corrected chi connectivity index (χ2v) is 7.51. The molecule has 1 aliphatic carbocycles. The van der Waals surface area contributed by atoms with Gasteiger partial charge in [-0.2, -0.15) is 0 Å². The van der Waals surface area contributed by atoms with Crippen molar-refractivity contribution < 1.29 is 14.6 Å². The van der Waals surface area contributed by atoms with Crippen molar-refractivity contribution in [3.63, 3.8) is 0 Å². The summed E-state index contributed by atoms with van der Waals surface area (Å²) in [5.41, 5.74) is -0.483. The smallest absolute Gasteiger partial charge is 0.252 e. The first-order valence-corrected chi connectivity index (χ1v) is 9.10. The van der Waals surface area contributed by atoms with E-state index in [-0.39, 0.29) is 18.4 Å². The standard InChI is InChI=1S/C17H18BrNO3S/c1-22-12-6-7-14(18)13(9-12)16(20)19-10-17(21,11-4-5-11)15-3-2-8-23-15/h2-3,6-9,11,21H,4-5,10H2,1H3,(H,19,20). The van der Waals surface area contributed by atoms with E-state index in [1.807, 2.05) is 17.5 Å². The molecule has 1 saturated carbocycles. The number of aliphatic hydroxyl groups is 1. The first-order chi connectivity index (χ1) is 11.0. The Kier molecular flexibility index (Phi) is 4.75. The van der Waals surface area contributed by atoms with Crippen molar-refractivity contribution in [2.24, 2.45) is 5.92 Å². The van der Waals surface area contributed by atoms with Gasteiger partial charge in [0, 0.05) is 9.35 Å². The van der Waals surface area contributed by atoms with Crippen LogP contribution >= 0.6 is 27.3 Å². The molecule has 122 valence electrons. The third kappa shape index (κ3) is 3.44. The largest absolute Gasteiger partial charge is 0.497 e. The molecule has 6 heteroatoms. The number of hydrogen-bond donors (Lipinski definition) is 2. The molecule has 0 spiro atoms. The van der Waals surface area contributed by atoms with Crippen LogP contribution in [0.4, 0.5) is 0 Å². The Labute approximate surface area is 147 Å². The molecule has 1 atom stereocenters. The van der Waals surface area contributed by atoms with Gasteiger partial charge in [0.15, 0.2) is 0 Å². The number of methoxy groups -OCH3 is 1. The molecule has 1 unspecified atom stereocenters. The highest BCUT2D eigenvalue weighted by atomic mass is 79.9. The van der Waals surface area contributed by atoms with Crippen LogP contribution in [-0.2, 0) is 5.60 Å².